The first kappa shape index (κ1) is 14.3. The highest BCUT2D eigenvalue weighted by Gasteiger charge is 2.24. The summed E-state index contributed by atoms with van der Waals surface area (Å²) in [5, 5.41) is 3.47. The van der Waals surface area contributed by atoms with Crippen molar-refractivity contribution < 1.29 is 8.42 Å². The fourth-order valence-electron chi connectivity index (χ4n) is 2.96. The van der Waals surface area contributed by atoms with Crippen LogP contribution in [0, 0.1) is 11.8 Å². The minimum atomic E-state index is -2.73. The van der Waals surface area contributed by atoms with Crippen LogP contribution in [0.5, 0.6) is 0 Å². The highest BCUT2D eigenvalue weighted by atomic mass is 32.2. The molecule has 5 heteroatoms. The van der Waals surface area contributed by atoms with Gasteiger partial charge in [0.05, 0.1) is 11.5 Å². The second-order valence-corrected chi connectivity index (χ2v) is 8.17. The average Bonchev–Trinajstić information content (AvgIpc) is 2.38. The van der Waals surface area contributed by atoms with Crippen molar-refractivity contribution in [3.8, 4) is 0 Å². The quantitative estimate of drug-likeness (QED) is 0.821. The fourth-order valence-corrected chi connectivity index (χ4v) is 4.24. The number of rotatable bonds is 4. The Morgan fingerprint density at radius 1 is 1.33 bits per heavy atom. The predicted octanol–water partition coefficient (Wildman–Crippen LogP) is 0.743. The fraction of sp³-hybridized carbons (Fsp3) is 1.00. The lowest BCUT2D eigenvalue weighted by atomic mass is 9.85. The highest BCUT2D eigenvalue weighted by molar-refractivity contribution is 7.91. The van der Waals surface area contributed by atoms with E-state index in [4.69, 9.17) is 0 Å². The lowest BCUT2D eigenvalue weighted by Gasteiger charge is -2.31. The summed E-state index contributed by atoms with van der Waals surface area (Å²) in [7, 11) is -2.73. The molecule has 2 saturated heterocycles. The summed E-state index contributed by atoms with van der Waals surface area (Å²) < 4.78 is 22.7. The Bertz CT molecular complexity index is 336. The van der Waals surface area contributed by atoms with E-state index in [1.807, 2.05) is 0 Å². The monoisotopic (exact) mass is 274 g/mol. The normalized spacial score (nSPS) is 31.1. The van der Waals surface area contributed by atoms with Gasteiger partial charge in [-0.1, -0.05) is 6.92 Å². The van der Waals surface area contributed by atoms with Gasteiger partial charge in [-0.25, -0.2) is 8.42 Å². The van der Waals surface area contributed by atoms with Crippen molar-refractivity contribution in [2.45, 2.75) is 26.2 Å². The van der Waals surface area contributed by atoms with Gasteiger partial charge >= 0.3 is 0 Å². The summed E-state index contributed by atoms with van der Waals surface area (Å²) in [4.78, 5) is 2.31. The van der Waals surface area contributed by atoms with Gasteiger partial charge in [0.2, 0.25) is 0 Å². The second kappa shape index (κ2) is 6.35. The number of hydrogen-bond donors (Lipinski definition) is 1. The summed E-state index contributed by atoms with van der Waals surface area (Å²) in [5.41, 5.74) is 0. The second-order valence-electron chi connectivity index (χ2n) is 5.87. The van der Waals surface area contributed by atoms with Gasteiger partial charge in [-0.2, -0.15) is 0 Å². The topological polar surface area (TPSA) is 49.4 Å². The molecule has 4 nitrogen and oxygen atoms in total. The van der Waals surface area contributed by atoms with Crippen molar-refractivity contribution in [3.05, 3.63) is 0 Å². The molecule has 0 amide bonds. The van der Waals surface area contributed by atoms with E-state index in [-0.39, 0.29) is 0 Å². The maximum atomic E-state index is 11.3. The third-order valence-corrected chi connectivity index (χ3v) is 6.09. The van der Waals surface area contributed by atoms with E-state index in [1.54, 1.807) is 0 Å². The van der Waals surface area contributed by atoms with Crippen LogP contribution in [-0.2, 0) is 9.84 Å². The molecule has 0 aromatic rings. The largest absolute Gasteiger partial charge is 0.316 e. The van der Waals surface area contributed by atoms with E-state index >= 15 is 0 Å². The van der Waals surface area contributed by atoms with E-state index in [9.17, 15) is 8.42 Å². The maximum Gasteiger partial charge on any atom is 0.152 e. The molecule has 2 atom stereocenters. The van der Waals surface area contributed by atoms with Crippen molar-refractivity contribution in [1.29, 1.82) is 0 Å². The molecule has 0 spiro atoms. The van der Waals surface area contributed by atoms with E-state index in [2.05, 4.69) is 17.1 Å². The number of nitrogens with one attached hydrogen (secondary N) is 1. The van der Waals surface area contributed by atoms with Gasteiger partial charge in [0.15, 0.2) is 9.84 Å². The summed E-state index contributed by atoms with van der Waals surface area (Å²) in [6.45, 7) is 7.21. The predicted molar refractivity (Wildman–Crippen MR) is 74.5 cm³/mol. The van der Waals surface area contributed by atoms with Gasteiger partial charge in [0, 0.05) is 13.1 Å². The molecular weight excluding hydrogens is 248 g/mol. The highest BCUT2D eigenvalue weighted by Crippen LogP contribution is 2.22. The van der Waals surface area contributed by atoms with Gasteiger partial charge in [-0.15, -0.1) is 0 Å². The van der Waals surface area contributed by atoms with Crippen molar-refractivity contribution in [1.82, 2.24) is 10.2 Å². The van der Waals surface area contributed by atoms with Crippen LogP contribution in [0.3, 0.4) is 0 Å². The average molecular weight is 274 g/mol. The summed E-state index contributed by atoms with van der Waals surface area (Å²) >= 11 is 0. The molecule has 2 rings (SSSR count). The minimum absolute atomic E-state index is 0.354. The molecule has 2 heterocycles. The van der Waals surface area contributed by atoms with E-state index < -0.39 is 9.84 Å². The number of hydrogen-bond acceptors (Lipinski definition) is 4. The van der Waals surface area contributed by atoms with Crippen LogP contribution in [0.25, 0.3) is 0 Å². The first-order chi connectivity index (χ1) is 8.57. The van der Waals surface area contributed by atoms with Gasteiger partial charge < -0.3 is 10.2 Å². The minimum Gasteiger partial charge on any atom is -0.316 e. The van der Waals surface area contributed by atoms with Gasteiger partial charge in [-0.05, 0) is 50.7 Å². The molecule has 0 saturated carbocycles. The van der Waals surface area contributed by atoms with Gasteiger partial charge in [0.1, 0.15) is 0 Å². The zero-order valence-corrected chi connectivity index (χ0v) is 12.2. The number of piperidine rings is 1. The Morgan fingerprint density at radius 3 is 2.67 bits per heavy atom. The van der Waals surface area contributed by atoms with Crippen LogP contribution >= 0.6 is 0 Å². The molecular formula is C13H26N2O2S. The molecule has 2 unspecified atom stereocenters. The zero-order valence-electron chi connectivity index (χ0n) is 11.4. The molecule has 0 aromatic carbocycles. The van der Waals surface area contributed by atoms with Crippen molar-refractivity contribution >= 4 is 9.84 Å². The van der Waals surface area contributed by atoms with E-state index in [0.29, 0.717) is 11.5 Å². The zero-order chi connectivity index (χ0) is 13.0. The number of sulfone groups is 1. The third kappa shape index (κ3) is 4.21. The lowest BCUT2D eigenvalue weighted by molar-refractivity contribution is 0.220. The van der Waals surface area contributed by atoms with Crippen molar-refractivity contribution in [3.63, 3.8) is 0 Å². The molecule has 2 aliphatic rings. The van der Waals surface area contributed by atoms with Crippen molar-refractivity contribution in [2.75, 3.05) is 44.2 Å². The Morgan fingerprint density at radius 2 is 2.06 bits per heavy atom. The molecule has 18 heavy (non-hydrogen) atoms. The molecule has 2 aliphatic heterocycles. The van der Waals surface area contributed by atoms with Crippen LogP contribution in [0.4, 0.5) is 0 Å². The van der Waals surface area contributed by atoms with E-state index in [0.717, 1.165) is 38.0 Å². The number of nitrogens with zero attached hydrogens (tertiary/aromatic N) is 1. The van der Waals surface area contributed by atoms with Crippen LogP contribution in [0.1, 0.15) is 26.2 Å². The summed E-state index contributed by atoms with van der Waals surface area (Å²) in [6, 6.07) is 0. The Hall–Kier alpha value is -0.130. The Balaban J connectivity index is 1.68. The first-order valence-electron chi connectivity index (χ1n) is 7.20. The molecule has 0 aliphatic carbocycles. The smallest absolute Gasteiger partial charge is 0.152 e. The van der Waals surface area contributed by atoms with Crippen LogP contribution in [0.15, 0.2) is 0 Å². The van der Waals surface area contributed by atoms with E-state index in [1.165, 1.54) is 25.8 Å². The van der Waals surface area contributed by atoms with Gasteiger partial charge in [0.25, 0.3) is 0 Å². The SMILES string of the molecule is CC(CCN1CCS(=O)(=O)CC1)C1CCCNC1. The molecule has 0 aromatic heterocycles. The Labute approximate surface area is 111 Å². The maximum absolute atomic E-state index is 11.3. The molecule has 2 fully saturated rings. The lowest BCUT2D eigenvalue weighted by Crippen LogP contribution is -2.41. The molecule has 106 valence electrons. The Kier molecular flexibility index (Phi) is 5.04. The van der Waals surface area contributed by atoms with Crippen LogP contribution in [-0.4, -0.2) is 57.5 Å². The van der Waals surface area contributed by atoms with Crippen LogP contribution < -0.4 is 5.32 Å². The van der Waals surface area contributed by atoms with Crippen LogP contribution in [0.2, 0.25) is 0 Å². The summed E-state index contributed by atoms with van der Waals surface area (Å²) in [6.07, 6.45) is 3.85. The first-order valence-corrected chi connectivity index (χ1v) is 9.02. The molecule has 0 radical (unpaired) electrons. The van der Waals surface area contributed by atoms with Gasteiger partial charge in [-0.3, -0.25) is 0 Å². The standard InChI is InChI=1S/C13H26N2O2S/c1-12(13-3-2-5-14-11-13)4-6-15-7-9-18(16,17)10-8-15/h12-14H,2-11H2,1H3. The third-order valence-electron chi connectivity index (χ3n) is 4.48. The van der Waals surface area contributed by atoms with Crippen molar-refractivity contribution in [2.24, 2.45) is 11.8 Å². The molecule has 0 bridgehead atoms. The molecule has 1 N–H and O–H groups in total. The summed E-state index contributed by atoms with van der Waals surface area (Å²) in [5.74, 6) is 2.27.